The summed E-state index contributed by atoms with van der Waals surface area (Å²) in [5.41, 5.74) is 0. The maximum Gasteiger partial charge on any atom is 0.0221 e. The number of likely N-dealkylation sites (tertiary alicyclic amines) is 1. The largest absolute Gasteiger partial charge is 0.312 e. The number of likely N-dealkylation sites (N-methyl/N-ethyl adjacent to an activating group) is 1. The predicted molar refractivity (Wildman–Crippen MR) is 83.5 cm³/mol. The third-order valence-corrected chi connectivity index (χ3v) is 5.33. The molecule has 112 valence electrons. The maximum atomic E-state index is 3.89. The average Bonchev–Trinajstić information content (AvgIpc) is 2.77. The van der Waals surface area contributed by atoms with Crippen molar-refractivity contribution in [3.05, 3.63) is 0 Å². The van der Waals surface area contributed by atoms with E-state index in [2.05, 4.69) is 24.1 Å². The molecular weight excluding hydrogens is 232 g/mol. The lowest BCUT2D eigenvalue weighted by atomic mass is 9.95. The Hall–Kier alpha value is -0.0800. The predicted octanol–water partition coefficient (Wildman–Crippen LogP) is 3.81. The van der Waals surface area contributed by atoms with Gasteiger partial charge in [0, 0.05) is 18.6 Å². The molecule has 1 heterocycles. The molecule has 0 aromatic carbocycles. The molecule has 1 aliphatic carbocycles. The number of rotatable bonds is 6. The van der Waals surface area contributed by atoms with E-state index < -0.39 is 0 Å². The average molecular weight is 266 g/mol. The van der Waals surface area contributed by atoms with Gasteiger partial charge in [-0.1, -0.05) is 39.5 Å². The SMILES string of the molecule is CCCC1CCCC(NCC2CCCN2CC)CC1. The molecule has 19 heavy (non-hydrogen) atoms. The minimum absolute atomic E-state index is 0.807. The normalized spacial score (nSPS) is 33.5. The lowest BCUT2D eigenvalue weighted by Crippen LogP contribution is -2.41. The van der Waals surface area contributed by atoms with Gasteiger partial charge < -0.3 is 5.32 Å². The molecule has 2 aliphatic rings. The van der Waals surface area contributed by atoms with Crippen LogP contribution in [0.5, 0.6) is 0 Å². The Balaban J connectivity index is 1.68. The first kappa shape index (κ1) is 15.3. The van der Waals surface area contributed by atoms with Crippen molar-refractivity contribution in [3.8, 4) is 0 Å². The molecule has 2 nitrogen and oxygen atoms in total. The van der Waals surface area contributed by atoms with Gasteiger partial charge in [-0.25, -0.2) is 0 Å². The highest BCUT2D eigenvalue weighted by molar-refractivity contribution is 4.83. The molecule has 3 unspecified atom stereocenters. The quantitative estimate of drug-likeness (QED) is 0.736. The molecule has 1 N–H and O–H groups in total. The van der Waals surface area contributed by atoms with Crippen LogP contribution in [0.25, 0.3) is 0 Å². The van der Waals surface area contributed by atoms with Crippen LogP contribution in [-0.2, 0) is 0 Å². The van der Waals surface area contributed by atoms with E-state index in [1.54, 1.807) is 0 Å². The van der Waals surface area contributed by atoms with Crippen LogP contribution in [0.4, 0.5) is 0 Å². The summed E-state index contributed by atoms with van der Waals surface area (Å²) >= 11 is 0. The highest BCUT2D eigenvalue weighted by Gasteiger charge is 2.24. The van der Waals surface area contributed by atoms with Gasteiger partial charge in [-0.15, -0.1) is 0 Å². The molecule has 0 radical (unpaired) electrons. The Kier molecular flexibility index (Phi) is 6.66. The highest BCUT2D eigenvalue weighted by atomic mass is 15.2. The summed E-state index contributed by atoms with van der Waals surface area (Å²) in [6.07, 6.45) is 12.9. The van der Waals surface area contributed by atoms with Crippen LogP contribution in [0, 0.1) is 5.92 Å². The van der Waals surface area contributed by atoms with Gasteiger partial charge in [0.2, 0.25) is 0 Å². The Bertz CT molecular complexity index is 241. The molecular formula is C17H34N2. The zero-order chi connectivity index (χ0) is 13.5. The Morgan fingerprint density at radius 2 is 1.89 bits per heavy atom. The van der Waals surface area contributed by atoms with Crippen LogP contribution < -0.4 is 5.32 Å². The van der Waals surface area contributed by atoms with E-state index in [9.17, 15) is 0 Å². The molecule has 1 saturated heterocycles. The molecule has 2 heteroatoms. The van der Waals surface area contributed by atoms with Crippen molar-refractivity contribution < 1.29 is 0 Å². The Morgan fingerprint density at radius 1 is 1.00 bits per heavy atom. The molecule has 2 rings (SSSR count). The maximum absolute atomic E-state index is 3.89. The third kappa shape index (κ3) is 4.75. The van der Waals surface area contributed by atoms with Gasteiger partial charge in [-0.05, 0) is 51.1 Å². The van der Waals surface area contributed by atoms with E-state index in [4.69, 9.17) is 0 Å². The summed E-state index contributed by atoms with van der Waals surface area (Å²) in [5, 5.41) is 3.89. The standard InChI is InChI=1S/C17H34N2/c1-3-7-15-8-5-9-16(12-11-15)18-14-17-10-6-13-19(17)4-2/h15-18H,3-14H2,1-2H3. The van der Waals surface area contributed by atoms with E-state index in [0.29, 0.717) is 0 Å². The minimum Gasteiger partial charge on any atom is -0.312 e. The van der Waals surface area contributed by atoms with Gasteiger partial charge in [0.05, 0.1) is 0 Å². The summed E-state index contributed by atoms with van der Waals surface area (Å²) < 4.78 is 0. The van der Waals surface area contributed by atoms with E-state index in [1.807, 2.05) is 0 Å². The molecule has 1 aliphatic heterocycles. The summed E-state index contributed by atoms with van der Waals surface area (Å²) in [6, 6.07) is 1.63. The minimum atomic E-state index is 0.807. The number of hydrogen-bond donors (Lipinski definition) is 1. The van der Waals surface area contributed by atoms with Crippen LogP contribution >= 0.6 is 0 Å². The summed E-state index contributed by atoms with van der Waals surface area (Å²) in [5.74, 6) is 1.02. The van der Waals surface area contributed by atoms with Crippen LogP contribution in [-0.4, -0.2) is 36.6 Å². The van der Waals surface area contributed by atoms with E-state index in [0.717, 1.165) is 18.0 Å². The Labute approximate surface area is 120 Å². The van der Waals surface area contributed by atoms with Crippen molar-refractivity contribution in [2.45, 2.75) is 83.7 Å². The van der Waals surface area contributed by atoms with Gasteiger partial charge in [0.15, 0.2) is 0 Å². The van der Waals surface area contributed by atoms with E-state index in [1.165, 1.54) is 77.4 Å². The van der Waals surface area contributed by atoms with E-state index >= 15 is 0 Å². The van der Waals surface area contributed by atoms with Crippen molar-refractivity contribution in [1.82, 2.24) is 10.2 Å². The molecule has 0 bridgehead atoms. The fraction of sp³-hybridized carbons (Fsp3) is 1.00. The van der Waals surface area contributed by atoms with Crippen molar-refractivity contribution >= 4 is 0 Å². The number of nitrogens with zero attached hydrogens (tertiary/aromatic N) is 1. The van der Waals surface area contributed by atoms with E-state index in [-0.39, 0.29) is 0 Å². The van der Waals surface area contributed by atoms with Gasteiger partial charge in [0.25, 0.3) is 0 Å². The van der Waals surface area contributed by atoms with Crippen LogP contribution in [0.2, 0.25) is 0 Å². The Morgan fingerprint density at radius 3 is 2.68 bits per heavy atom. The van der Waals surface area contributed by atoms with Crippen molar-refractivity contribution in [3.63, 3.8) is 0 Å². The molecule has 1 saturated carbocycles. The second-order valence-electron chi connectivity index (χ2n) is 6.69. The highest BCUT2D eigenvalue weighted by Crippen LogP contribution is 2.27. The molecule has 0 aromatic heterocycles. The van der Waals surface area contributed by atoms with Crippen LogP contribution in [0.1, 0.15) is 71.6 Å². The lowest BCUT2D eigenvalue weighted by molar-refractivity contribution is 0.250. The van der Waals surface area contributed by atoms with Crippen molar-refractivity contribution in [2.75, 3.05) is 19.6 Å². The lowest BCUT2D eigenvalue weighted by Gasteiger charge is -2.26. The third-order valence-electron chi connectivity index (χ3n) is 5.33. The first-order chi connectivity index (χ1) is 9.33. The smallest absolute Gasteiger partial charge is 0.0221 e. The number of nitrogens with one attached hydrogen (secondary N) is 1. The zero-order valence-electron chi connectivity index (χ0n) is 13.2. The van der Waals surface area contributed by atoms with Crippen molar-refractivity contribution in [2.24, 2.45) is 5.92 Å². The fourth-order valence-electron chi connectivity index (χ4n) is 4.12. The second kappa shape index (κ2) is 8.26. The first-order valence-corrected chi connectivity index (χ1v) is 8.80. The molecule has 2 fully saturated rings. The summed E-state index contributed by atoms with van der Waals surface area (Å²) in [4.78, 5) is 2.66. The summed E-state index contributed by atoms with van der Waals surface area (Å²) in [7, 11) is 0. The first-order valence-electron chi connectivity index (χ1n) is 8.80. The summed E-state index contributed by atoms with van der Waals surface area (Å²) in [6.45, 7) is 8.43. The molecule has 0 spiro atoms. The van der Waals surface area contributed by atoms with Gasteiger partial charge in [-0.3, -0.25) is 4.90 Å². The van der Waals surface area contributed by atoms with Crippen LogP contribution in [0.15, 0.2) is 0 Å². The topological polar surface area (TPSA) is 15.3 Å². The fourth-order valence-corrected chi connectivity index (χ4v) is 4.12. The molecule has 0 aromatic rings. The monoisotopic (exact) mass is 266 g/mol. The van der Waals surface area contributed by atoms with Crippen molar-refractivity contribution in [1.29, 1.82) is 0 Å². The molecule has 3 atom stereocenters. The van der Waals surface area contributed by atoms with Crippen LogP contribution in [0.3, 0.4) is 0 Å². The van der Waals surface area contributed by atoms with Gasteiger partial charge in [0.1, 0.15) is 0 Å². The number of hydrogen-bond acceptors (Lipinski definition) is 2. The second-order valence-corrected chi connectivity index (χ2v) is 6.69. The van der Waals surface area contributed by atoms with Gasteiger partial charge >= 0.3 is 0 Å². The zero-order valence-corrected chi connectivity index (χ0v) is 13.2. The van der Waals surface area contributed by atoms with Gasteiger partial charge in [-0.2, -0.15) is 0 Å². The molecule has 0 amide bonds.